The second-order valence-electron chi connectivity index (χ2n) is 11.9. The molecule has 0 unspecified atom stereocenters. The molecule has 3 nitrogen and oxygen atoms in total. The van der Waals surface area contributed by atoms with Crippen LogP contribution in [0.1, 0.15) is 31.9 Å². The summed E-state index contributed by atoms with van der Waals surface area (Å²) < 4.78 is 4.45. The molecule has 200 valence electrons. The summed E-state index contributed by atoms with van der Waals surface area (Å²) in [6, 6.07) is 45.5. The smallest absolute Gasteiger partial charge is 0.0934 e. The average molecular weight is 532 g/mol. The standard InChI is InChI=1S/C38H33N3/c1-26-15-21-35-32(23-26)33-24-29(38(2,3)4)16-22-36(33)40(35)30-17-19-31(20-18-30)41-37(28-13-9-6-10-14-28)25-34(39-41)27-11-7-5-8-12-27/h5-25H,1-4H3. The summed E-state index contributed by atoms with van der Waals surface area (Å²) in [6.07, 6.45) is 0. The Balaban J connectivity index is 1.38. The van der Waals surface area contributed by atoms with Gasteiger partial charge < -0.3 is 4.57 Å². The fraction of sp³-hybridized carbons (Fsp3) is 0.132. The number of hydrogen-bond donors (Lipinski definition) is 0. The Labute approximate surface area is 241 Å². The van der Waals surface area contributed by atoms with Gasteiger partial charge >= 0.3 is 0 Å². The Kier molecular flexibility index (Phi) is 5.90. The first-order chi connectivity index (χ1) is 19.9. The zero-order valence-corrected chi connectivity index (χ0v) is 24.0. The minimum atomic E-state index is 0.0902. The Morgan fingerprint density at radius 2 is 1.15 bits per heavy atom. The quantitative estimate of drug-likeness (QED) is 0.222. The number of aromatic nitrogens is 3. The maximum absolute atomic E-state index is 5.07. The van der Waals surface area contributed by atoms with E-state index in [9.17, 15) is 0 Å². The zero-order chi connectivity index (χ0) is 28.1. The number of benzene rings is 5. The Morgan fingerprint density at radius 3 is 1.80 bits per heavy atom. The van der Waals surface area contributed by atoms with E-state index in [-0.39, 0.29) is 5.41 Å². The first-order valence-corrected chi connectivity index (χ1v) is 14.2. The molecule has 0 N–H and O–H groups in total. The Bertz CT molecular complexity index is 2000. The summed E-state index contributed by atoms with van der Waals surface area (Å²) in [6.45, 7) is 9.00. The van der Waals surface area contributed by atoms with Gasteiger partial charge in [0.2, 0.25) is 0 Å². The molecule has 0 aliphatic rings. The topological polar surface area (TPSA) is 22.8 Å². The molecular weight excluding hydrogens is 498 g/mol. The van der Waals surface area contributed by atoms with E-state index in [0.717, 1.165) is 33.9 Å². The second kappa shape index (κ2) is 9.64. The van der Waals surface area contributed by atoms with Gasteiger partial charge in [-0.15, -0.1) is 0 Å². The second-order valence-corrected chi connectivity index (χ2v) is 11.9. The van der Waals surface area contributed by atoms with Gasteiger partial charge in [-0.1, -0.05) is 99.1 Å². The van der Waals surface area contributed by atoms with Crippen LogP contribution in [0.25, 0.3) is 55.7 Å². The highest BCUT2D eigenvalue weighted by atomic mass is 15.3. The van der Waals surface area contributed by atoms with Gasteiger partial charge in [-0.25, -0.2) is 4.68 Å². The molecule has 0 radical (unpaired) electrons. The monoisotopic (exact) mass is 531 g/mol. The lowest BCUT2D eigenvalue weighted by molar-refractivity contribution is 0.591. The van der Waals surface area contributed by atoms with Gasteiger partial charge in [-0.3, -0.25) is 0 Å². The number of rotatable bonds is 4. The molecule has 0 atom stereocenters. The van der Waals surface area contributed by atoms with Crippen LogP contribution in [-0.2, 0) is 5.41 Å². The fourth-order valence-electron chi connectivity index (χ4n) is 5.77. The van der Waals surface area contributed by atoms with Gasteiger partial charge in [0.1, 0.15) is 0 Å². The van der Waals surface area contributed by atoms with Crippen molar-refractivity contribution >= 4 is 21.8 Å². The van der Waals surface area contributed by atoms with Gasteiger partial charge in [0.25, 0.3) is 0 Å². The van der Waals surface area contributed by atoms with E-state index in [2.05, 4.69) is 158 Å². The maximum atomic E-state index is 5.07. The van der Waals surface area contributed by atoms with E-state index in [4.69, 9.17) is 5.10 Å². The Hall–Kier alpha value is -4.89. The Morgan fingerprint density at radius 1 is 0.561 bits per heavy atom. The van der Waals surface area contributed by atoms with Gasteiger partial charge in [-0.05, 0) is 72.5 Å². The van der Waals surface area contributed by atoms with Crippen molar-refractivity contribution in [1.82, 2.24) is 14.3 Å². The predicted octanol–water partition coefficient (Wildman–Crippen LogP) is 9.91. The highest BCUT2D eigenvalue weighted by Crippen LogP contribution is 2.36. The van der Waals surface area contributed by atoms with Gasteiger partial charge in [-0.2, -0.15) is 5.10 Å². The third-order valence-electron chi connectivity index (χ3n) is 7.99. The van der Waals surface area contributed by atoms with E-state index >= 15 is 0 Å². The van der Waals surface area contributed by atoms with Crippen LogP contribution in [-0.4, -0.2) is 14.3 Å². The average Bonchev–Trinajstić information content (AvgIpc) is 3.57. The van der Waals surface area contributed by atoms with Crippen molar-refractivity contribution in [3.63, 3.8) is 0 Å². The number of aryl methyl sites for hydroxylation is 1. The predicted molar refractivity (Wildman–Crippen MR) is 172 cm³/mol. The lowest BCUT2D eigenvalue weighted by Gasteiger charge is -2.19. The first kappa shape index (κ1) is 25.1. The summed E-state index contributed by atoms with van der Waals surface area (Å²) in [5, 5.41) is 7.66. The van der Waals surface area contributed by atoms with Crippen molar-refractivity contribution in [2.45, 2.75) is 33.1 Å². The third-order valence-corrected chi connectivity index (χ3v) is 7.99. The highest BCUT2D eigenvalue weighted by Gasteiger charge is 2.19. The van der Waals surface area contributed by atoms with Gasteiger partial charge in [0.05, 0.1) is 28.1 Å². The normalized spacial score (nSPS) is 11.9. The SMILES string of the molecule is Cc1ccc2c(c1)c1cc(C(C)(C)C)ccc1n2-c1ccc(-n2nc(-c3ccccc3)cc2-c2ccccc2)cc1. The summed E-state index contributed by atoms with van der Waals surface area (Å²) in [5.74, 6) is 0. The summed E-state index contributed by atoms with van der Waals surface area (Å²) in [7, 11) is 0. The van der Waals surface area contributed by atoms with Crippen molar-refractivity contribution in [2.24, 2.45) is 0 Å². The van der Waals surface area contributed by atoms with Crippen molar-refractivity contribution in [2.75, 3.05) is 0 Å². The van der Waals surface area contributed by atoms with Crippen LogP contribution >= 0.6 is 0 Å². The summed E-state index contributed by atoms with van der Waals surface area (Å²) in [5.41, 5.74) is 11.6. The van der Waals surface area contributed by atoms with Crippen LogP contribution in [0.5, 0.6) is 0 Å². The lowest BCUT2D eigenvalue weighted by atomic mass is 9.86. The van der Waals surface area contributed by atoms with Crippen molar-refractivity contribution in [3.8, 4) is 33.9 Å². The number of nitrogens with zero attached hydrogens (tertiary/aromatic N) is 3. The van der Waals surface area contributed by atoms with Crippen molar-refractivity contribution in [1.29, 1.82) is 0 Å². The molecule has 7 rings (SSSR count). The molecule has 2 aromatic heterocycles. The molecule has 3 heteroatoms. The summed E-state index contributed by atoms with van der Waals surface area (Å²) >= 11 is 0. The molecule has 5 aromatic carbocycles. The van der Waals surface area contributed by atoms with Crippen LogP contribution in [0.3, 0.4) is 0 Å². The van der Waals surface area contributed by atoms with E-state index in [0.29, 0.717) is 0 Å². The van der Waals surface area contributed by atoms with Crippen LogP contribution in [0.4, 0.5) is 0 Å². The minimum Gasteiger partial charge on any atom is -0.309 e. The molecule has 0 spiro atoms. The number of hydrogen-bond acceptors (Lipinski definition) is 1. The molecule has 2 heterocycles. The van der Waals surface area contributed by atoms with Crippen LogP contribution < -0.4 is 0 Å². The van der Waals surface area contributed by atoms with E-state index in [1.54, 1.807) is 0 Å². The number of fused-ring (bicyclic) bond motifs is 3. The van der Waals surface area contributed by atoms with Gasteiger partial charge in [0, 0.05) is 27.6 Å². The first-order valence-electron chi connectivity index (χ1n) is 14.2. The minimum absolute atomic E-state index is 0.0902. The molecule has 0 fully saturated rings. The van der Waals surface area contributed by atoms with Crippen molar-refractivity contribution in [3.05, 3.63) is 139 Å². The molecule has 0 aliphatic heterocycles. The lowest BCUT2D eigenvalue weighted by Crippen LogP contribution is -2.10. The molecule has 0 aliphatic carbocycles. The summed E-state index contributed by atoms with van der Waals surface area (Å²) in [4.78, 5) is 0. The van der Waals surface area contributed by atoms with E-state index in [1.807, 2.05) is 6.07 Å². The molecule has 0 amide bonds. The highest BCUT2D eigenvalue weighted by molar-refractivity contribution is 6.09. The molecule has 41 heavy (non-hydrogen) atoms. The van der Waals surface area contributed by atoms with Crippen LogP contribution in [0.2, 0.25) is 0 Å². The third kappa shape index (κ3) is 4.44. The molecule has 0 bridgehead atoms. The van der Waals surface area contributed by atoms with Crippen LogP contribution in [0, 0.1) is 6.92 Å². The van der Waals surface area contributed by atoms with E-state index in [1.165, 1.54) is 32.9 Å². The van der Waals surface area contributed by atoms with E-state index < -0.39 is 0 Å². The molecule has 0 saturated heterocycles. The van der Waals surface area contributed by atoms with Crippen molar-refractivity contribution < 1.29 is 0 Å². The maximum Gasteiger partial charge on any atom is 0.0934 e. The fourth-order valence-corrected chi connectivity index (χ4v) is 5.77. The zero-order valence-electron chi connectivity index (χ0n) is 24.0. The molecule has 0 saturated carbocycles. The van der Waals surface area contributed by atoms with Crippen LogP contribution in [0.15, 0.2) is 127 Å². The van der Waals surface area contributed by atoms with Gasteiger partial charge in [0.15, 0.2) is 0 Å². The molecule has 7 aromatic rings. The molecular formula is C38H33N3. The largest absolute Gasteiger partial charge is 0.309 e.